The highest BCUT2D eigenvalue weighted by Gasteiger charge is 2.24. The summed E-state index contributed by atoms with van der Waals surface area (Å²) >= 11 is 11.9. The SMILES string of the molecule is Cc1cccc(C(=O)NC(C(=O)NN=Cc2ccc(Cl)cc2Cl)C(C)C)c1. The molecule has 2 N–H and O–H groups in total. The lowest BCUT2D eigenvalue weighted by Crippen LogP contribution is -2.48. The Bertz CT molecular complexity index is 866. The van der Waals surface area contributed by atoms with E-state index in [2.05, 4.69) is 15.8 Å². The largest absolute Gasteiger partial charge is 0.340 e. The van der Waals surface area contributed by atoms with E-state index in [1.54, 1.807) is 36.4 Å². The summed E-state index contributed by atoms with van der Waals surface area (Å²) in [5, 5.41) is 7.62. The first-order valence-electron chi connectivity index (χ1n) is 8.43. The average Bonchev–Trinajstić information content (AvgIpc) is 2.60. The summed E-state index contributed by atoms with van der Waals surface area (Å²) in [5.41, 5.74) is 4.54. The standard InChI is InChI=1S/C20H21Cl2N3O2/c1-12(2)18(24-19(26)14-6-4-5-13(3)9-14)20(27)25-23-11-15-7-8-16(21)10-17(15)22/h4-12,18H,1-3H3,(H,24,26)(H,25,27). The van der Waals surface area contributed by atoms with Crippen molar-refractivity contribution < 1.29 is 9.59 Å². The minimum absolute atomic E-state index is 0.118. The number of hydrogen-bond acceptors (Lipinski definition) is 3. The lowest BCUT2D eigenvalue weighted by atomic mass is 10.0. The molecule has 0 aliphatic carbocycles. The van der Waals surface area contributed by atoms with Crippen LogP contribution in [0, 0.1) is 12.8 Å². The number of nitrogens with zero attached hydrogens (tertiary/aromatic N) is 1. The third-order valence-electron chi connectivity index (χ3n) is 3.86. The summed E-state index contributed by atoms with van der Waals surface area (Å²) in [6, 6.07) is 11.4. The number of aryl methyl sites for hydroxylation is 1. The zero-order valence-corrected chi connectivity index (χ0v) is 16.8. The number of nitrogens with one attached hydrogen (secondary N) is 2. The van der Waals surface area contributed by atoms with Crippen LogP contribution in [-0.4, -0.2) is 24.1 Å². The summed E-state index contributed by atoms with van der Waals surface area (Å²) in [4.78, 5) is 24.9. The van der Waals surface area contributed by atoms with Crippen molar-refractivity contribution in [3.05, 3.63) is 69.2 Å². The molecule has 0 aliphatic heterocycles. The summed E-state index contributed by atoms with van der Waals surface area (Å²) in [6.07, 6.45) is 1.43. The molecule has 7 heteroatoms. The van der Waals surface area contributed by atoms with E-state index in [4.69, 9.17) is 23.2 Å². The maximum atomic E-state index is 12.5. The van der Waals surface area contributed by atoms with E-state index in [1.807, 2.05) is 26.8 Å². The molecule has 0 aromatic heterocycles. The van der Waals surface area contributed by atoms with Gasteiger partial charge in [-0.3, -0.25) is 9.59 Å². The van der Waals surface area contributed by atoms with E-state index >= 15 is 0 Å². The molecule has 2 amide bonds. The van der Waals surface area contributed by atoms with Gasteiger partial charge < -0.3 is 5.32 Å². The van der Waals surface area contributed by atoms with Crippen LogP contribution < -0.4 is 10.7 Å². The van der Waals surface area contributed by atoms with Crippen molar-refractivity contribution in [2.24, 2.45) is 11.0 Å². The van der Waals surface area contributed by atoms with Crippen molar-refractivity contribution in [1.29, 1.82) is 0 Å². The summed E-state index contributed by atoms with van der Waals surface area (Å²) in [5.74, 6) is -0.835. The Morgan fingerprint density at radius 2 is 1.85 bits per heavy atom. The molecule has 1 unspecified atom stereocenters. The molecule has 0 spiro atoms. The minimum atomic E-state index is -0.726. The van der Waals surface area contributed by atoms with E-state index in [0.29, 0.717) is 21.2 Å². The number of benzene rings is 2. The van der Waals surface area contributed by atoms with Gasteiger partial charge in [0.25, 0.3) is 11.8 Å². The topological polar surface area (TPSA) is 70.6 Å². The molecule has 0 saturated carbocycles. The second-order valence-corrected chi connectivity index (χ2v) is 7.31. The minimum Gasteiger partial charge on any atom is -0.340 e. The van der Waals surface area contributed by atoms with Crippen LogP contribution in [0.1, 0.15) is 35.3 Å². The predicted molar refractivity (Wildman–Crippen MR) is 109 cm³/mol. The van der Waals surface area contributed by atoms with Crippen molar-refractivity contribution >= 4 is 41.2 Å². The highest BCUT2D eigenvalue weighted by Crippen LogP contribution is 2.19. The van der Waals surface area contributed by atoms with Gasteiger partial charge in [-0.1, -0.05) is 60.8 Å². The Labute approximate surface area is 168 Å². The molecule has 2 rings (SSSR count). The van der Waals surface area contributed by atoms with Gasteiger partial charge in [0.2, 0.25) is 0 Å². The second kappa shape index (κ2) is 9.53. The summed E-state index contributed by atoms with van der Waals surface area (Å²) in [6.45, 7) is 5.60. The number of amides is 2. The highest BCUT2D eigenvalue weighted by molar-refractivity contribution is 6.36. The van der Waals surface area contributed by atoms with Gasteiger partial charge in [0.15, 0.2) is 0 Å². The zero-order valence-electron chi connectivity index (χ0n) is 15.3. The van der Waals surface area contributed by atoms with Gasteiger partial charge in [-0.25, -0.2) is 5.43 Å². The number of hydrazone groups is 1. The van der Waals surface area contributed by atoms with E-state index < -0.39 is 11.9 Å². The van der Waals surface area contributed by atoms with Gasteiger partial charge in [0.05, 0.1) is 11.2 Å². The molecule has 1 atom stereocenters. The maximum Gasteiger partial charge on any atom is 0.262 e. The Morgan fingerprint density at radius 1 is 1.11 bits per heavy atom. The average molecular weight is 406 g/mol. The first-order chi connectivity index (χ1) is 12.8. The summed E-state index contributed by atoms with van der Waals surface area (Å²) in [7, 11) is 0. The van der Waals surface area contributed by atoms with E-state index in [1.165, 1.54) is 6.21 Å². The zero-order chi connectivity index (χ0) is 20.0. The number of hydrogen-bond donors (Lipinski definition) is 2. The second-order valence-electron chi connectivity index (χ2n) is 6.46. The van der Waals surface area contributed by atoms with E-state index in [0.717, 1.165) is 5.56 Å². The van der Waals surface area contributed by atoms with Crippen LogP contribution in [0.15, 0.2) is 47.6 Å². The number of rotatable bonds is 6. The van der Waals surface area contributed by atoms with Crippen LogP contribution >= 0.6 is 23.2 Å². The van der Waals surface area contributed by atoms with Crippen LogP contribution in [0.25, 0.3) is 0 Å². The fourth-order valence-corrected chi connectivity index (χ4v) is 2.84. The van der Waals surface area contributed by atoms with Gasteiger partial charge in [-0.2, -0.15) is 5.10 Å². The fraction of sp³-hybridized carbons (Fsp3) is 0.250. The Morgan fingerprint density at radius 3 is 2.48 bits per heavy atom. The van der Waals surface area contributed by atoms with Gasteiger partial charge in [-0.15, -0.1) is 0 Å². The van der Waals surface area contributed by atoms with Crippen LogP contribution in [0.5, 0.6) is 0 Å². The summed E-state index contributed by atoms with van der Waals surface area (Å²) < 4.78 is 0. The van der Waals surface area contributed by atoms with Crippen molar-refractivity contribution in [2.75, 3.05) is 0 Å². The Hall–Kier alpha value is -2.37. The van der Waals surface area contributed by atoms with Crippen LogP contribution in [0.3, 0.4) is 0 Å². The first-order valence-corrected chi connectivity index (χ1v) is 9.19. The van der Waals surface area contributed by atoms with Crippen LogP contribution in [0.4, 0.5) is 0 Å². The molecule has 5 nitrogen and oxygen atoms in total. The van der Waals surface area contributed by atoms with Crippen molar-refractivity contribution in [3.63, 3.8) is 0 Å². The third kappa shape index (κ3) is 6.08. The lowest BCUT2D eigenvalue weighted by molar-refractivity contribution is -0.123. The smallest absolute Gasteiger partial charge is 0.262 e. The monoisotopic (exact) mass is 405 g/mol. The maximum absolute atomic E-state index is 12.5. The Balaban J connectivity index is 2.04. The first kappa shape index (κ1) is 20.9. The lowest BCUT2D eigenvalue weighted by Gasteiger charge is -2.20. The van der Waals surface area contributed by atoms with E-state index in [-0.39, 0.29) is 11.8 Å². The van der Waals surface area contributed by atoms with Crippen LogP contribution in [0.2, 0.25) is 10.0 Å². The quantitative estimate of drug-likeness (QED) is 0.558. The predicted octanol–water partition coefficient (Wildman–Crippen LogP) is 4.21. The van der Waals surface area contributed by atoms with Gasteiger partial charge >= 0.3 is 0 Å². The molecule has 0 bridgehead atoms. The number of carbonyl (C=O) groups excluding carboxylic acids is 2. The molecule has 0 saturated heterocycles. The molecule has 0 fully saturated rings. The van der Waals surface area contributed by atoms with Gasteiger partial charge in [0, 0.05) is 16.1 Å². The van der Waals surface area contributed by atoms with Crippen molar-refractivity contribution in [1.82, 2.24) is 10.7 Å². The molecular formula is C20H21Cl2N3O2. The van der Waals surface area contributed by atoms with E-state index in [9.17, 15) is 9.59 Å². The van der Waals surface area contributed by atoms with Crippen LogP contribution in [-0.2, 0) is 4.79 Å². The van der Waals surface area contributed by atoms with Crippen molar-refractivity contribution in [3.8, 4) is 0 Å². The number of halogens is 2. The molecule has 2 aromatic rings. The third-order valence-corrected chi connectivity index (χ3v) is 4.42. The van der Waals surface area contributed by atoms with Crippen molar-refractivity contribution in [2.45, 2.75) is 26.8 Å². The highest BCUT2D eigenvalue weighted by atomic mass is 35.5. The van der Waals surface area contributed by atoms with Gasteiger partial charge in [-0.05, 0) is 37.1 Å². The number of carbonyl (C=O) groups is 2. The molecule has 0 heterocycles. The Kier molecular flexibility index (Phi) is 7.39. The molecule has 27 heavy (non-hydrogen) atoms. The fourth-order valence-electron chi connectivity index (χ4n) is 2.39. The molecule has 0 aliphatic rings. The normalized spacial score (nSPS) is 12.2. The molecule has 0 radical (unpaired) electrons. The molecular weight excluding hydrogens is 385 g/mol. The molecule has 2 aromatic carbocycles. The van der Waals surface area contributed by atoms with Gasteiger partial charge in [0.1, 0.15) is 6.04 Å². The molecule has 142 valence electrons.